The molecule has 0 fully saturated rings. The molecule has 1 aromatic carbocycles. The first kappa shape index (κ1) is 14.0. The summed E-state index contributed by atoms with van der Waals surface area (Å²) >= 11 is 0. The molecule has 1 aromatic rings. The summed E-state index contributed by atoms with van der Waals surface area (Å²) in [6.45, 7) is 11.7. The van der Waals surface area contributed by atoms with Crippen LogP contribution in [0.25, 0.3) is 5.57 Å². The molecule has 2 rings (SSSR count). The van der Waals surface area contributed by atoms with Gasteiger partial charge >= 0.3 is 0 Å². The Morgan fingerprint density at radius 2 is 2.05 bits per heavy atom. The van der Waals surface area contributed by atoms with E-state index in [0.29, 0.717) is 12.5 Å². The van der Waals surface area contributed by atoms with Crippen LogP contribution in [0.4, 0.5) is 5.69 Å². The summed E-state index contributed by atoms with van der Waals surface area (Å²) in [5.74, 6) is 1.62. The highest BCUT2D eigenvalue weighted by atomic mass is 16.5. The van der Waals surface area contributed by atoms with Crippen LogP contribution in [-0.4, -0.2) is 12.1 Å². The first-order chi connectivity index (χ1) is 8.93. The van der Waals surface area contributed by atoms with E-state index in [-0.39, 0.29) is 5.54 Å². The van der Waals surface area contributed by atoms with E-state index in [1.54, 1.807) is 0 Å². The van der Waals surface area contributed by atoms with E-state index in [0.717, 1.165) is 12.2 Å². The maximum atomic E-state index is 5.58. The quantitative estimate of drug-likeness (QED) is 0.844. The minimum atomic E-state index is 0.0539. The van der Waals surface area contributed by atoms with E-state index in [1.165, 1.54) is 16.8 Å². The number of allylic oxidation sites excluding steroid dienone is 1. The maximum Gasteiger partial charge on any atom is 0.120 e. The van der Waals surface area contributed by atoms with E-state index >= 15 is 0 Å². The molecule has 0 bridgehead atoms. The van der Waals surface area contributed by atoms with Crippen LogP contribution >= 0.6 is 0 Å². The first-order valence-electron chi connectivity index (χ1n) is 7.18. The molecule has 2 heteroatoms. The zero-order valence-corrected chi connectivity index (χ0v) is 12.7. The fourth-order valence-electron chi connectivity index (χ4n) is 3.07. The smallest absolute Gasteiger partial charge is 0.120 e. The van der Waals surface area contributed by atoms with Crippen molar-refractivity contribution < 1.29 is 4.74 Å². The van der Waals surface area contributed by atoms with Gasteiger partial charge in [-0.25, -0.2) is 0 Å². The molecular weight excluding hydrogens is 234 g/mol. The summed E-state index contributed by atoms with van der Waals surface area (Å²) in [5.41, 5.74) is 3.86. The van der Waals surface area contributed by atoms with Crippen molar-refractivity contribution in [2.75, 3.05) is 11.9 Å². The third-order valence-electron chi connectivity index (χ3n) is 3.51. The molecule has 0 radical (unpaired) electrons. The van der Waals surface area contributed by atoms with Crippen LogP contribution in [0.2, 0.25) is 0 Å². The van der Waals surface area contributed by atoms with E-state index in [9.17, 15) is 0 Å². The summed E-state index contributed by atoms with van der Waals surface area (Å²) in [7, 11) is 0. The lowest BCUT2D eigenvalue weighted by molar-refractivity contribution is 0.340. The lowest BCUT2D eigenvalue weighted by atomic mass is 9.84. The summed E-state index contributed by atoms with van der Waals surface area (Å²) in [6.07, 6.45) is 3.49. The lowest BCUT2D eigenvalue weighted by Crippen LogP contribution is -2.36. The van der Waals surface area contributed by atoms with Crippen molar-refractivity contribution in [2.45, 2.75) is 46.6 Å². The summed E-state index contributed by atoms with van der Waals surface area (Å²) < 4.78 is 5.58. The molecule has 1 unspecified atom stereocenters. The van der Waals surface area contributed by atoms with Gasteiger partial charge in [0, 0.05) is 11.3 Å². The Labute approximate surface area is 116 Å². The van der Waals surface area contributed by atoms with Crippen LogP contribution in [0.15, 0.2) is 24.3 Å². The second kappa shape index (κ2) is 5.28. The van der Waals surface area contributed by atoms with Crippen LogP contribution in [0.5, 0.6) is 5.75 Å². The number of nitrogens with one attached hydrogen (secondary N) is 1. The number of fused-ring (bicyclic) bond motifs is 1. The second-order valence-electron chi connectivity index (χ2n) is 6.11. The van der Waals surface area contributed by atoms with Crippen molar-refractivity contribution in [3.8, 4) is 5.75 Å². The Balaban J connectivity index is 2.32. The van der Waals surface area contributed by atoms with Crippen LogP contribution < -0.4 is 10.1 Å². The predicted octanol–water partition coefficient (Wildman–Crippen LogP) is 4.72. The molecule has 0 saturated heterocycles. The molecule has 0 amide bonds. The molecule has 0 aliphatic carbocycles. The minimum Gasteiger partial charge on any atom is -0.494 e. The Morgan fingerprint density at radius 3 is 2.68 bits per heavy atom. The Bertz CT molecular complexity index is 490. The highest BCUT2D eigenvalue weighted by molar-refractivity contribution is 5.81. The van der Waals surface area contributed by atoms with Crippen molar-refractivity contribution in [1.29, 1.82) is 0 Å². The fraction of sp³-hybridized carbons (Fsp3) is 0.529. The van der Waals surface area contributed by atoms with Gasteiger partial charge < -0.3 is 10.1 Å². The van der Waals surface area contributed by atoms with Crippen molar-refractivity contribution in [3.05, 3.63) is 29.8 Å². The largest absolute Gasteiger partial charge is 0.494 e. The normalized spacial score (nSPS) is 21.7. The SMILES string of the molecule is CCOc1ccc2c(c1)C(C)=CC(C)(CC(C)C)N2. The van der Waals surface area contributed by atoms with Gasteiger partial charge in [-0.3, -0.25) is 0 Å². The molecule has 1 aliphatic heterocycles. The molecular formula is C17H25NO. The second-order valence-corrected chi connectivity index (χ2v) is 6.11. The van der Waals surface area contributed by atoms with Gasteiger partial charge in [-0.1, -0.05) is 19.9 Å². The topological polar surface area (TPSA) is 21.3 Å². The standard InChI is InChI=1S/C17H25NO/c1-6-19-14-7-8-16-15(9-14)13(4)11-17(5,18-16)10-12(2)3/h7-9,11-12,18H,6,10H2,1-5H3. The average Bonchev–Trinajstić information content (AvgIpc) is 2.28. The first-order valence-corrected chi connectivity index (χ1v) is 7.18. The van der Waals surface area contributed by atoms with Crippen LogP contribution in [0, 0.1) is 5.92 Å². The van der Waals surface area contributed by atoms with Gasteiger partial charge in [-0.2, -0.15) is 0 Å². The van der Waals surface area contributed by atoms with Gasteiger partial charge in [0.25, 0.3) is 0 Å². The van der Waals surface area contributed by atoms with Crippen molar-refractivity contribution >= 4 is 11.3 Å². The number of ether oxygens (including phenoxy) is 1. The lowest BCUT2D eigenvalue weighted by Gasteiger charge is -2.36. The Hall–Kier alpha value is -1.44. The molecule has 2 nitrogen and oxygen atoms in total. The third-order valence-corrected chi connectivity index (χ3v) is 3.51. The highest BCUT2D eigenvalue weighted by Gasteiger charge is 2.28. The monoisotopic (exact) mass is 259 g/mol. The van der Waals surface area contributed by atoms with E-state index < -0.39 is 0 Å². The number of benzene rings is 1. The van der Waals surface area contributed by atoms with Gasteiger partial charge in [0.1, 0.15) is 5.75 Å². The summed E-state index contributed by atoms with van der Waals surface area (Å²) in [4.78, 5) is 0. The number of hydrogen-bond acceptors (Lipinski definition) is 2. The minimum absolute atomic E-state index is 0.0539. The summed E-state index contributed by atoms with van der Waals surface area (Å²) in [5, 5.41) is 3.67. The number of hydrogen-bond donors (Lipinski definition) is 1. The third kappa shape index (κ3) is 3.12. The highest BCUT2D eigenvalue weighted by Crippen LogP contribution is 2.38. The van der Waals surface area contributed by atoms with Gasteiger partial charge in [-0.15, -0.1) is 0 Å². The van der Waals surface area contributed by atoms with Crippen molar-refractivity contribution in [3.63, 3.8) is 0 Å². The molecule has 1 atom stereocenters. The van der Waals surface area contributed by atoms with Gasteiger partial charge in [0.15, 0.2) is 0 Å². The van der Waals surface area contributed by atoms with Crippen molar-refractivity contribution in [1.82, 2.24) is 0 Å². The van der Waals surface area contributed by atoms with Gasteiger partial charge in [0.05, 0.1) is 12.1 Å². The van der Waals surface area contributed by atoms with Crippen molar-refractivity contribution in [2.24, 2.45) is 5.92 Å². The Kier molecular flexibility index (Phi) is 3.88. The molecule has 1 heterocycles. The fourth-order valence-corrected chi connectivity index (χ4v) is 3.07. The Morgan fingerprint density at radius 1 is 1.32 bits per heavy atom. The van der Waals surface area contributed by atoms with Crippen LogP contribution in [-0.2, 0) is 0 Å². The van der Waals surface area contributed by atoms with E-state index in [1.807, 2.05) is 13.0 Å². The molecule has 0 aromatic heterocycles. The van der Waals surface area contributed by atoms with Crippen LogP contribution in [0.3, 0.4) is 0 Å². The predicted molar refractivity (Wildman–Crippen MR) is 82.7 cm³/mol. The van der Waals surface area contributed by atoms with E-state index in [4.69, 9.17) is 4.74 Å². The molecule has 0 saturated carbocycles. The molecule has 19 heavy (non-hydrogen) atoms. The van der Waals surface area contributed by atoms with Crippen LogP contribution in [0.1, 0.15) is 46.6 Å². The number of anilines is 1. The zero-order valence-electron chi connectivity index (χ0n) is 12.7. The maximum absolute atomic E-state index is 5.58. The van der Waals surface area contributed by atoms with Gasteiger partial charge in [-0.05, 0) is 56.9 Å². The molecule has 104 valence electrons. The van der Waals surface area contributed by atoms with E-state index in [2.05, 4.69) is 51.2 Å². The van der Waals surface area contributed by atoms with Gasteiger partial charge in [0.2, 0.25) is 0 Å². The average molecular weight is 259 g/mol. The zero-order chi connectivity index (χ0) is 14.0. The molecule has 1 aliphatic rings. The molecule has 1 N–H and O–H groups in total. The summed E-state index contributed by atoms with van der Waals surface area (Å²) in [6, 6.07) is 6.31. The molecule has 0 spiro atoms. The number of rotatable bonds is 4.